The molecule has 0 saturated heterocycles. The molecule has 2 aromatic carbocycles. The van der Waals surface area contributed by atoms with Gasteiger partial charge in [0.2, 0.25) is 0 Å². The molecule has 2 heterocycles. The molecule has 4 heteroatoms. The zero-order valence-electron chi connectivity index (χ0n) is 12.6. The van der Waals surface area contributed by atoms with Crippen LogP contribution in [0.25, 0.3) is 32.0 Å². The summed E-state index contributed by atoms with van der Waals surface area (Å²) in [5.41, 5.74) is 4.15. The molecule has 23 heavy (non-hydrogen) atoms. The van der Waals surface area contributed by atoms with Crippen molar-refractivity contribution in [1.82, 2.24) is 9.97 Å². The topological polar surface area (TPSA) is 35.0 Å². The van der Waals surface area contributed by atoms with Crippen LogP contribution in [0.1, 0.15) is 0 Å². The van der Waals surface area contributed by atoms with Gasteiger partial charge in [-0.05, 0) is 30.3 Å². The van der Waals surface area contributed by atoms with Crippen LogP contribution in [-0.2, 0) is 0 Å². The number of pyridine rings is 1. The third-order valence-electron chi connectivity index (χ3n) is 3.69. The van der Waals surface area contributed by atoms with Crippen LogP contribution in [0, 0.1) is 0 Å². The van der Waals surface area contributed by atoms with Gasteiger partial charge in [-0.15, -0.1) is 11.3 Å². The lowest BCUT2D eigenvalue weighted by atomic mass is 10.0. The number of benzene rings is 2. The van der Waals surface area contributed by atoms with E-state index in [1.165, 1.54) is 0 Å². The molecule has 0 aliphatic rings. The van der Waals surface area contributed by atoms with Crippen molar-refractivity contribution in [3.63, 3.8) is 0 Å². The van der Waals surface area contributed by atoms with Gasteiger partial charge in [0.1, 0.15) is 10.8 Å². The SMILES string of the molecule is COc1ccc2nc(-c3ccccc3-c3ccccn3)sc2c1. The molecule has 0 amide bonds. The molecule has 0 fully saturated rings. The van der Waals surface area contributed by atoms with E-state index in [0.29, 0.717) is 0 Å². The third kappa shape index (κ3) is 2.58. The first kappa shape index (κ1) is 13.9. The van der Waals surface area contributed by atoms with Crippen LogP contribution in [0.5, 0.6) is 5.75 Å². The second-order valence-corrected chi connectivity index (χ2v) is 6.14. The Kier molecular flexibility index (Phi) is 3.52. The summed E-state index contributed by atoms with van der Waals surface area (Å²) in [6.45, 7) is 0. The molecule has 0 aliphatic heterocycles. The maximum absolute atomic E-state index is 5.30. The normalized spacial score (nSPS) is 10.8. The number of nitrogens with zero attached hydrogens (tertiary/aromatic N) is 2. The van der Waals surface area contributed by atoms with Gasteiger partial charge in [0.05, 0.1) is 23.0 Å². The minimum Gasteiger partial charge on any atom is -0.497 e. The van der Waals surface area contributed by atoms with E-state index in [1.807, 2.05) is 54.7 Å². The van der Waals surface area contributed by atoms with Gasteiger partial charge in [-0.2, -0.15) is 0 Å². The van der Waals surface area contributed by atoms with E-state index in [1.54, 1.807) is 18.4 Å². The van der Waals surface area contributed by atoms with E-state index in [4.69, 9.17) is 9.72 Å². The van der Waals surface area contributed by atoms with Gasteiger partial charge in [0, 0.05) is 17.3 Å². The summed E-state index contributed by atoms with van der Waals surface area (Å²) in [5, 5.41) is 0.995. The van der Waals surface area contributed by atoms with Gasteiger partial charge in [0.25, 0.3) is 0 Å². The molecule has 0 radical (unpaired) electrons. The minimum absolute atomic E-state index is 0.853. The second kappa shape index (κ2) is 5.82. The molecule has 0 spiro atoms. The lowest BCUT2D eigenvalue weighted by Gasteiger charge is -2.05. The summed E-state index contributed by atoms with van der Waals surface area (Å²) in [4.78, 5) is 9.25. The highest BCUT2D eigenvalue weighted by atomic mass is 32.1. The number of fused-ring (bicyclic) bond motifs is 1. The summed E-state index contributed by atoms with van der Waals surface area (Å²) < 4.78 is 6.42. The fourth-order valence-corrected chi connectivity index (χ4v) is 3.60. The average Bonchev–Trinajstić information content (AvgIpc) is 3.05. The summed E-state index contributed by atoms with van der Waals surface area (Å²) in [7, 11) is 1.68. The molecule has 0 bridgehead atoms. The number of ether oxygens (including phenoxy) is 1. The number of thiazole rings is 1. The van der Waals surface area contributed by atoms with Gasteiger partial charge in [-0.3, -0.25) is 4.98 Å². The molecule has 0 saturated carbocycles. The van der Waals surface area contributed by atoms with Crippen molar-refractivity contribution in [3.05, 3.63) is 66.9 Å². The molecule has 0 unspecified atom stereocenters. The monoisotopic (exact) mass is 318 g/mol. The van der Waals surface area contributed by atoms with E-state index >= 15 is 0 Å². The summed E-state index contributed by atoms with van der Waals surface area (Å²) in [6, 6.07) is 20.2. The van der Waals surface area contributed by atoms with Crippen LogP contribution in [-0.4, -0.2) is 17.1 Å². The fraction of sp³-hybridized carbons (Fsp3) is 0.0526. The number of methoxy groups -OCH3 is 1. The lowest BCUT2D eigenvalue weighted by molar-refractivity contribution is 0.415. The van der Waals surface area contributed by atoms with E-state index in [9.17, 15) is 0 Å². The largest absolute Gasteiger partial charge is 0.497 e. The van der Waals surface area contributed by atoms with Crippen molar-refractivity contribution in [2.75, 3.05) is 7.11 Å². The highest BCUT2D eigenvalue weighted by Gasteiger charge is 2.12. The predicted molar refractivity (Wildman–Crippen MR) is 94.8 cm³/mol. The number of aromatic nitrogens is 2. The molecule has 112 valence electrons. The first-order valence-electron chi connectivity index (χ1n) is 7.30. The Hall–Kier alpha value is -2.72. The molecule has 3 nitrogen and oxygen atoms in total. The Bertz CT molecular complexity index is 963. The van der Waals surface area contributed by atoms with Crippen LogP contribution in [0.2, 0.25) is 0 Å². The zero-order valence-corrected chi connectivity index (χ0v) is 13.4. The average molecular weight is 318 g/mol. The maximum atomic E-state index is 5.30. The fourth-order valence-electron chi connectivity index (χ4n) is 2.56. The van der Waals surface area contributed by atoms with Crippen LogP contribution in [0.15, 0.2) is 66.9 Å². The smallest absolute Gasteiger partial charge is 0.125 e. The Morgan fingerprint density at radius 1 is 0.913 bits per heavy atom. The van der Waals surface area contributed by atoms with Crippen molar-refractivity contribution in [1.29, 1.82) is 0 Å². The molecule has 4 aromatic rings. The quantitative estimate of drug-likeness (QED) is 0.531. The number of hydrogen-bond donors (Lipinski definition) is 0. The van der Waals surface area contributed by atoms with Gasteiger partial charge >= 0.3 is 0 Å². The molecule has 4 rings (SSSR count). The van der Waals surface area contributed by atoms with Crippen LogP contribution >= 0.6 is 11.3 Å². The number of rotatable bonds is 3. The minimum atomic E-state index is 0.853. The van der Waals surface area contributed by atoms with Crippen molar-refractivity contribution in [3.8, 4) is 27.6 Å². The van der Waals surface area contributed by atoms with Crippen LogP contribution < -0.4 is 4.74 Å². The van der Waals surface area contributed by atoms with Crippen molar-refractivity contribution in [2.45, 2.75) is 0 Å². The summed E-state index contributed by atoms with van der Waals surface area (Å²) >= 11 is 1.67. The molecule has 0 aliphatic carbocycles. The van der Waals surface area contributed by atoms with Gasteiger partial charge in [-0.1, -0.05) is 30.3 Å². The molecular formula is C19H14N2OS. The zero-order chi connectivity index (χ0) is 15.6. The summed E-state index contributed by atoms with van der Waals surface area (Å²) in [6.07, 6.45) is 1.81. The Morgan fingerprint density at radius 2 is 1.74 bits per heavy atom. The van der Waals surface area contributed by atoms with Gasteiger partial charge in [-0.25, -0.2) is 4.98 Å². The van der Waals surface area contributed by atoms with E-state index in [2.05, 4.69) is 17.1 Å². The molecule has 2 aromatic heterocycles. The standard InChI is InChI=1S/C19H14N2OS/c1-22-13-9-10-17-18(12-13)23-19(21-17)15-7-3-2-6-14(15)16-8-4-5-11-20-16/h2-12H,1H3. The van der Waals surface area contributed by atoms with Crippen LogP contribution in [0.3, 0.4) is 0 Å². The van der Waals surface area contributed by atoms with Crippen LogP contribution in [0.4, 0.5) is 0 Å². The Labute approximate surface area is 138 Å². The lowest BCUT2D eigenvalue weighted by Crippen LogP contribution is -1.86. The predicted octanol–water partition coefficient (Wildman–Crippen LogP) is 5.03. The summed E-state index contributed by atoms with van der Waals surface area (Å²) in [5.74, 6) is 0.853. The second-order valence-electron chi connectivity index (χ2n) is 5.11. The maximum Gasteiger partial charge on any atom is 0.125 e. The van der Waals surface area contributed by atoms with Crippen molar-refractivity contribution < 1.29 is 4.74 Å². The van der Waals surface area contributed by atoms with Gasteiger partial charge < -0.3 is 4.74 Å². The van der Waals surface area contributed by atoms with E-state index < -0.39 is 0 Å². The Morgan fingerprint density at radius 3 is 2.52 bits per heavy atom. The first-order chi connectivity index (χ1) is 11.3. The third-order valence-corrected chi connectivity index (χ3v) is 4.75. The van der Waals surface area contributed by atoms with E-state index in [0.717, 1.165) is 37.8 Å². The molecule has 0 atom stereocenters. The highest BCUT2D eigenvalue weighted by molar-refractivity contribution is 7.21. The Balaban J connectivity index is 1.88. The van der Waals surface area contributed by atoms with Crippen molar-refractivity contribution in [2.24, 2.45) is 0 Å². The van der Waals surface area contributed by atoms with E-state index in [-0.39, 0.29) is 0 Å². The van der Waals surface area contributed by atoms with Gasteiger partial charge in [0.15, 0.2) is 0 Å². The first-order valence-corrected chi connectivity index (χ1v) is 8.12. The molecule has 0 N–H and O–H groups in total. The molecular weight excluding hydrogens is 304 g/mol. The van der Waals surface area contributed by atoms with Crippen molar-refractivity contribution >= 4 is 21.6 Å². The highest BCUT2D eigenvalue weighted by Crippen LogP contribution is 2.36. The number of hydrogen-bond acceptors (Lipinski definition) is 4.